The molecule has 1 aromatic carbocycles. The fraction of sp³-hybridized carbons (Fsp3) is 0.500. The quantitative estimate of drug-likeness (QED) is 0.888. The normalized spacial score (nSPS) is 20.9. The van der Waals surface area contributed by atoms with Crippen LogP contribution in [0.4, 0.5) is 10.1 Å². The molecule has 1 unspecified atom stereocenters. The van der Waals surface area contributed by atoms with Crippen LogP contribution >= 0.6 is 11.6 Å². The number of rotatable bonds is 4. The van der Waals surface area contributed by atoms with Crippen LogP contribution in [0.5, 0.6) is 0 Å². The van der Waals surface area contributed by atoms with Crippen LogP contribution in [0.2, 0.25) is 5.02 Å². The van der Waals surface area contributed by atoms with Gasteiger partial charge in [-0.3, -0.25) is 4.72 Å². The Bertz CT molecular complexity index is 582. The van der Waals surface area contributed by atoms with Crippen molar-refractivity contribution in [3.63, 3.8) is 0 Å². The van der Waals surface area contributed by atoms with Crippen LogP contribution in [-0.4, -0.2) is 32.4 Å². The van der Waals surface area contributed by atoms with E-state index in [1.165, 1.54) is 16.4 Å². The summed E-state index contributed by atoms with van der Waals surface area (Å²) in [5.41, 5.74) is 5.84. The first-order chi connectivity index (χ1) is 9.42. The molecule has 0 aromatic heterocycles. The summed E-state index contributed by atoms with van der Waals surface area (Å²) in [6.07, 6.45) is 1.72. The Balaban J connectivity index is 2.12. The van der Waals surface area contributed by atoms with Crippen molar-refractivity contribution in [2.45, 2.75) is 12.8 Å². The van der Waals surface area contributed by atoms with Gasteiger partial charge in [0.1, 0.15) is 5.82 Å². The molecule has 0 spiro atoms. The van der Waals surface area contributed by atoms with Crippen molar-refractivity contribution in [1.29, 1.82) is 0 Å². The molecule has 1 aromatic rings. The zero-order valence-corrected chi connectivity index (χ0v) is 12.4. The molecule has 1 fully saturated rings. The van der Waals surface area contributed by atoms with E-state index in [4.69, 9.17) is 17.3 Å². The molecule has 2 rings (SSSR count). The lowest BCUT2D eigenvalue weighted by molar-refractivity contribution is 0.273. The third-order valence-electron chi connectivity index (χ3n) is 3.32. The average molecular weight is 322 g/mol. The molecule has 5 nitrogen and oxygen atoms in total. The van der Waals surface area contributed by atoms with Gasteiger partial charge in [0, 0.05) is 13.1 Å². The van der Waals surface area contributed by atoms with Gasteiger partial charge < -0.3 is 5.73 Å². The summed E-state index contributed by atoms with van der Waals surface area (Å²) >= 11 is 5.63. The summed E-state index contributed by atoms with van der Waals surface area (Å²) in [5.74, 6) is -0.409. The number of hydrogen-bond acceptors (Lipinski definition) is 3. The zero-order valence-electron chi connectivity index (χ0n) is 10.9. The highest BCUT2D eigenvalue weighted by Gasteiger charge is 2.28. The molecule has 0 bridgehead atoms. The van der Waals surface area contributed by atoms with Crippen molar-refractivity contribution in [2.24, 2.45) is 11.7 Å². The van der Waals surface area contributed by atoms with Crippen LogP contribution in [0.25, 0.3) is 0 Å². The number of nitrogens with two attached hydrogens (primary N) is 1. The van der Waals surface area contributed by atoms with Crippen LogP contribution < -0.4 is 10.5 Å². The van der Waals surface area contributed by atoms with Gasteiger partial charge in [-0.15, -0.1) is 0 Å². The maximum absolute atomic E-state index is 13.0. The van der Waals surface area contributed by atoms with Gasteiger partial charge in [-0.2, -0.15) is 12.7 Å². The highest BCUT2D eigenvalue weighted by atomic mass is 35.5. The molecule has 1 aliphatic rings. The minimum Gasteiger partial charge on any atom is -0.330 e. The topological polar surface area (TPSA) is 75.4 Å². The van der Waals surface area contributed by atoms with Crippen LogP contribution in [-0.2, 0) is 10.2 Å². The molecule has 8 heteroatoms. The molecule has 1 saturated heterocycles. The van der Waals surface area contributed by atoms with Crippen molar-refractivity contribution in [1.82, 2.24) is 4.31 Å². The van der Waals surface area contributed by atoms with Crippen LogP contribution in [0, 0.1) is 11.7 Å². The van der Waals surface area contributed by atoms with Gasteiger partial charge in [0.15, 0.2) is 0 Å². The number of benzene rings is 1. The Morgan fingerprint density at radius 2 is 2.25 bits per heavy atom. The number of nitrogens with one attached hydrogen (secondary N) is 1. The summed E-state index contributed by atoms with van der Waals surface area (Å²) in [7, 11) is -3.66. The van der Waals surface area contributed by atoms with Crippen molar-refractivity contribution in [3.05, 3.63) is 29.0 Å². The number of halogens is 2. The third kappa shape index (κ3) is 3.60. The van der Waals surface area contributed by atoms with Gasteiger partial charge in [-0.1, -0.05) is 11.6 Å². The van der Waals surface area contributed by atoms with E-state index in [1.807, 2.05) is 0 Å². The maximum atomic E-state index is 13.0. The molecule has 112 valence electrons. The van der Waals surface area contributed by atoms with Crippen LogP contribution in [0.3, 0.4) is 0 Å². The van der Waals surface area contributed by atoms with Gasteiger partial charge in [0.2, 0.25) is 0 Å². The Kier molecular flexibility index (Phi) is 4.85. The fourth-order valence-electron chi connectivity index (χ4n) is 2.21. The summed E-state index contributed by atoms with van der Waals surface area (Å²) in [5, 5.41) is -0.122. The van der Waals surface area contributed by atoms with Crippen LogP contribution in [0.1, 0.15) is 12.8 Å². The summed E-state index contributed by atoms with van der Waals surface area (Å²) in [6.45, 7) is 1.33. The minimum absolute atomic E-state index is 0.122. The molecule has 1 heterocycles. The fourth-order valence-corrected chi connectivity index (χ4v) is 3.72. The lowest BCUT2D eigenvalue weighted by atomic mass is 10.0. The molecule has 1 aliphatic heterocycles. The van der Waals surface area contributed by atoms with Crippen LogP contribution in [0.15, 0.2) is 18.2 Å². The van der Waals surface area contributed by atoms with Gasteiger partial charge in [0.05, 0.1) is 10.7 Å². The highest BCUT2D eigenvalue weighted by Crippen LogP contribution is 2.23. The maximum Gasteiger partial charge on any atom is 0.301 e. The van der Waals surface area contributed by atoms with Crippen molar-refractivity contribution >= 4 is 27.5 Å². The molecule has 0 saturated carbocycles. The monoisotopic (exact) mass is 321 g/mol. The molecule has 20 heavy (non-hydrogen) atoms. The van der Waals surface area contributed by atoms with E-state index < -0.39 is 16.0 Å². The zero-order chi connectivity index (χ0) is 14.8. The van der Waals surface area contributed by atoms with Crippen molar-refractivity contribution in [2.75, 3.05) is 24.4 Å². The van der Waals surface area contributed by atoms with E-state index in [9.17, 15) is 12.8 Å². The van der Waals surface area contributed by atoms with E-state index in [-0.39, 0.29) is 16.6 Å². The largest absolute Gasteiger partial charge is 0.330 e. The lowest BCUT2D eigenvalue weighted by Gasteiger charge is -2.31. The third-order valence-corrected chi connectivity index (χ3v) is 5.12. The Morgan fingerprint density at radius 3 is 2.90 bits per heavy atom. The van der Waals surface area contributed by atoms with Gasteiger partial charge >= 0.3 is 10.2 Å². The first kappa shape index (κ1) is 15.5. The first-order valence-electron chi connectivity index (χ1n) is 6.35. The molecule has 0 aliphatic carbocycles. The second-order valence-electron chi connectivity index (χ2n) is 4.84. The van der Waals surface area contributed by atoms with E-state index >= 15 is 0 Å². The summed E-state index contributed by atoms with van der Waals surface area (Å²) in [6, 6.07) is 3.71. The van der Waals surface area contributed by atoms with E-state index in [2.05, 4.69) is 4.72 Å². The smallest absolute Gasteiger partial charge is 0.301 e. The first-order valence-corrected chi connectivity index (χ1v) is 8.17. The van der Waals surface area contributed by atoms with Gasteiger partial charge in [-0.25, -0.2) is 4.39 Å². The molecular weight excluding hydrogens is 305 g/mol. The van der Waals surface area contributed by atoms with Gasteiger partial charge in [-0.05, 0) is 43.5 Å². The predicted molar refractivity (Wildman–Crippen MR) is 77.3 cm³/mol. The number of anilines is 1. The molecular formula is C12H17ClFN3O2S. The predicted octanol–water partition coefficient (Wildman–Crippen LogP) is 1.81. The Morgan fingerprint density at radius 1 is 1.50 bits per heavy atom. The standard InChI is InChI=1S/C12H17ClFN3O2S/c13-11-6-10(3-4-12(11)14)16-20(18,19)17-5-1-2-9(7-15)8-17/h3-4,6,9,16H,1-2,5,7-8,15H2. The minimum atomic E-state index is -3.66. The highest BCUT2D eigenvalue weighted by molar-refractivity contribution is 7.90. The number of piperidine rings is 1. The molecule has 0 radical (unpaired) electrons. The molecule has 1 atom stereocenters. The molecule has 0 amide bonds. The molecule has 3 N–H and O–H groups in total. The second-order valence-corrected chi connectivity index (χ2v) is 6.92. The van der Waals surface area contributed by atoms with E-state index in [0.717, 1.165) is 18.9 Å². The van der Waals surface area contributed by atoms with E-state index in [1.54, 1.807) is 0 Å². The number of hydrogen-bond donors (Lipinski definition) is 2. The summed E-state index contributed by atoms with van der Waals surface area (Å²) in [4.78, 5) is 0. The SMILES string of the molecule is NCC1CCCN(S(=O)(=O)Nc2ccc(F)c(Cl)c2)C1. The van der Waals surface area contributed by atoms with Gasteiger partial charge in [0.25, 0.3) is 0 Å². The average Bonchev–Trinajstić information content (AvgIpc) is 2.43. The Labute approximate surface area is 123 Å². The lowest BCUT2D eigenvalue weighted by Crippen LogP contribution is -2.44. The van der Waals surface area contributed by atoms with Crippen molar-refractivity contribution in [3.8, 4) is 0 Å². The number of nitrogens with zero attached hydrogens (tertiary/aromatic N) is 1. The Hall–Kier alpha value is -0.890. The van der Waals surface area contributed by atoms with E-state index in [0.29, 0.717) is 19.6 Å². The summed E-state index contributed by atoms with van der Waals surface area (Å²) < 4.78 is 41.3. The second kappa shape index (κ2) is 6.26. The van der Waals surface area contributed by atoms with Crippen molar-refractivity contribution < 1.29 is 12.8 Å².